The van der Waals surface area contributed by atoms with Gasteiger partial charge in [0.05, 0.1) is 0 Å². The smallest absolute Gasteiger partial charge is 0.128 e. The van der Waals surface area contributed by atoms with Crippen molar-refractivity contribution in [3.05, 3.63) is 34.9 Å². The summed E-state index contributed by atoms with van der Waals surface area (Å²) in [6.45, 7) is 6.93. The fourth-order valence-electron chi connectivity index (χ4n) is 2.00. The van der Waals surface area contributed by atoms with E-state index in [0.717, 1.165) is 17.7 Å². The van der Waals surface area contributed by atoms with Gasteiger partial charge in [0.25, 0.3) is 0 Å². The van der Waals surface area contributed by atoms with E-state index in [-0.39, 0.29) is 5.60 Å². The van der Waals surface area contributed by atoms with E-state index in [0.29, 0.717) is 6.54 Å². The van der Waals surface area contributed by atoms with E-state index in [4.69, 9.17) is 10.5 Å². The van der Waals surface area contributed by atoms with Gasteiger partial charge in [0.1, 0.15) is 11.4 Å². The Labute approximate surface area is 97.1 Å². The maximum absolute atomic E-state index is 5.92. The first-order valence-corrected chi connectivity index (χ1v) is 5.74. The highest BCUT2D eigenvalue weighted by Crippen LogP contribution is 2.33. The van der Waals surface area contributed by atoms with Crippen molar-refractivity contribution >= 4 is 6.08 Å². The number of hydrogen-bond acceptors (Lipinski definition) is 2. The normalized spacial score (nSPS) is 16.8. The molecule has 2 nitrogen and oxygen atoms in total. The molecule has 0 atom stereocenters. The summed E-state index contributed by atoms with van der Waals surface area (Å²) in [6, 6.07) is 4.30. The van der Waals surface area contributed by atoms with Crippen LogP contribution in [0.15, 0.2) is 18.2 Å². The van der Waals surface area contributed by atoms with Crippen LogP contribution in [0.1, 0.15) is 30.5 Å². The minimum atomic E-state index is -0.200. The molecule has 0 bridgehead atoms. The highest BCUT2D eigenvalue weighted by Gasteiger charge is 2.22. The zero-order valence-electron chi connectivity index (χ0n) is 10.2. The van der Waals surface area contributed by atoms with Crippen LogP contribution in [0.2, 0.25) is 0 Å². The fourth-order valence-corrected chi connectivity index (χ4v) is 2.00. The van der Waals surface area contributed by atoms with Gasteiger partial charge in [-0.1, -0.05) is 6.08 Å². The second-order valence-corrected chi connectivity index (χ2v) is 4.89. The van der Waals surface area contributed by atoms with Gasteiger partial charge >= 0.3 is 0 Å². The third-order valence-corrected chi connectivity index (χ3v) is 2.92. The lowest BCUT2D eigenvalue weighted by atomic mass is 9.97. The van der Waals surface area contributed by atoms with Gasteiger partial charge in [-0.25, -0.2) is 0 Å². The average Bonchev–Trinajstić information content (AvgIpc) is 2.19. The van der Waals surface area contributed by atoms with Crippen molar-refractivity contribution < 1.29 is 4.74 Å². The van der Waals surface area contributed by atoms with Crippen molar-refractivity contribution in [1.82, 2.24) is 0 Å². The number of fused-ring (bicyclic) bond motifs is 1. The van der Waals surface area contributed by atoms with Crippen LogP contribution in [-0.2, 0) is 6.42 Å². The van der Waals surface area contributed by atoms with Crippen LogP contribution in [0.5, 0.6) is 5.75 Å². The van der Waals surface area contributed by atoms with E-state index in [1.54, 1.807) is 0 Å². The molecule has 2 rings (SSSR count). The molecule has 0 fully saturated rings. The van der Waals surface area contributed by atoms with Crippen molar-refractivity contribution in [3.63, 3.8) is 0 Å². The quantitative estimate of drug-likeness (QED) is 0.826. The van der Waals surface area contributed by atoms with Crippen LogP contribution in [0, 0.1) is 6.92 Å². The van der Waals surface area contributed by atoms with Crippen molar-refractivity contribution in [1.29, 1.82) is 0 Å². The van der Waals surface area contributed by atoms with Crippen molar-refractivity contribution in [2.75, 3.05) is 6.54 Å². The Kier molecular flexibility index (Phi) is 2.76. The molecule has 0 aromatic heterocycles. The zero-order valence-corrected chi connectivity index (χ0v) is 10.2. The lowest BCUT2D eigenvalue weighted by Crippen LogP contribution is -2.27. The lowest BCUT2D eigenvalue weighted by Gasteiger charge is -2.28. The monoisotopic (exact) mass is 217 g/mol. The molecule has 1 aliphatic heterocycles. The molecular weight excluding hydrogens is 198 g/mol. The number of benzene rings is 1. The summed E-state index contributed by atoms with van der Waals surface area (Å²) in [5, 5.41) is 0. The van der Waals surface area contributed by atoms with Crippen LogP contribution in [0.4, 0.5) is 0 Å². The van der Waals surface area contributed by atoms with Crippen molar-refractivity contribution in [2.24, 2.45) is 5.73 Å². The van der Waals surface area contributed by atoms with Gasteiger partial charge in [-0.05, 0) is 63.1 Å². The number of hydrogen-bond donors (Lipinski definition) is 1. The predicted octanol–water partition coefficient (Wildman–Crippen LogP) is 2.68. The lowest BCUT2D eigenvalue weighted by molar-refractivity contribution is 0.159. The largest absolute Gasteiger partial charge is 0.483 e. The fraction of sp³-hybridized carbons (Fsp3) is 0.429. The third-order valence-electron chi connectivity index (χ3n) is 2.92. The molecular formula is C14H19NO. The molecule has 2 N–H and O–H groups in total. The summed E-state index contributed by atoms with van der Waals surface area (Å²) < 4.78 is 5.92. The van der Waals surface area contributed by atoms with Gasteiger partial charge in [-0.15, -0.1) is 0 Å². The molecule has 2 heteroatoms. The van der Waals surface area contributed by atoms with Gasteiger partial charge in [0.2, 0.25) is 0 Å². The minimum Gasteiger partial charge on any atom is -0.483 e. The first kappa shape index (κ1) is 11.2. The third kappa shape index (κ3) is 2.12. The van der Waals surface area contributed by atoms with Crippen molar-refractivity contribution in [3.8, 4) is 5.75 Å². The number of nitrogens with two attached hydrogens (primary N) is 1. The number of rotatable bonds is 2. The van der Waals surface area contributed by atoms with Gasteiger partial charge in [0, 0.05) is 5.56 Å². The Morgan fingerprint density at radius 3 is 2.75 bits per heavy atom. The van der Waals surface area contributed by atoms with Crippen LogP contribution < -0.4 is 10.5 Å². The summed E-state index contributed by atoms with van der Waals surface area (Å²) in [7, 11) is 0. The van der Waals surface area contributed by atoms with E-state index >= 15 is 0 Å². The molecule has 1 heterocycles. The van der Waals surface area contributed by atoms with Gasteiger partial charge < -0.3 is 10.5 Å². The predicted molar refractivity (Wildman–Crippen MR) is 67.7 cm³/mol. The highest BCUT2D eigenvalue weighted by molar-refractivity contribution is 5.63. The molecule has 0 spiro atoms. The zero-order chi connectivity index (χ0) is 11.8. The molecule has 0 radical (unpaired) electrons. The molecule has 86 valence electrons. The van der Waals surface area contributed by atoms with Gasteiger partial charge in [0.15, 0.2) is 0 Å². The van der Waals surface area contributed by atoms with E-state index in [9.17, 15) is 0 Å². The molecule has 1 aromatic rings. The molecule has 1 aromatic carbocycles. The Hall–Kier alpha value is -1.28. The van der Waals surface area contributed by atoms with E-state index < -0.39 is 0 Å². The maximum Gasteiger partial charge on any atom is 0.128 e. The maximum atomic E-state index is 5.92. The summed E-state index contributed by atoms with van der Waals surface area (Å²) in [6.07, 6.45) is 5.16. The Balaban J connectivity index is 2.41. The average molecular weight is 217 g/mol. The van der Waals surface area contributed by atoms with Crippen LogP contribution >= 0.6 is 0 Å². The van der Waals surface area contributed by atoms with Crippen LogP contribution in [-0.4, -0.2) is 12.1 Å². The second kappa shape index (κ2) is 3.95. The number of ether oxygens (including phenoxy) is 1. The Morgan fingerprint density at radius 2 is 2.06 bits per heavy atom. The Bertz CT molecular complexity index is 433. The standard InChI is InChI=1S/C14H19NO/c1-10-8-13-12(9-11(10)5-7-15)4-6-14(2,3)16-13/h4,6,8-9H,5,7,15H2,1-3H3. The van der Waals surface area contributed by atoms with Crippen LogP contribution in [0.3, 0.4) is 0 Å². The van der Waals surface area contributed by atoms with E-state index in [1.165, 1.54) is 11.1 Å². The van der Waals surface area contributed by atoms with Crippen molar-refractivity contribution in [2.45, 2.75) is 32.8 Å². The molecule has 0 unspecified atom stereocenters. The first-order chi connectivity index (χ1) is 7.52. The van der Waals surface area contributed by atoms with Gasteiger partial charge in [-0.2, -0.15) is 0 Å². The van der Waals surface area contributed by atoms with Crippen LogP contribution in [0.25, 0.3) is 6.08 Å². The minimum absolute atomic E-state index is 0.200. The number of aryl methyl sites for hydroxylation is 1. The molecule has 0 saturated carbocycles. The summed E-state index contributed by atoms with van der Waals surface area (Å²) >= 11 is 0. The Morgan fingerprint density at radius 1 is 1.31 bits per heavy atom. The first-order valence-electron chi connectivity index (χ1n) is 5.74. The molecule has 0 amide bonds. The SMILES string of the molecule is Cc1cc2c(cc1CCN)C=CC(C)(C)O2. The van der Waals surface area contributed by atoms with Gasteiger partial charge in [-0.3, -0.25) is 0 Å². The highest BCUT2D eigenvalue weighted by atomic mass is 16.5. The topological polar surface area (TPSA) is 35.2 Å². The van der Waals surface area contributed by atoms with E-state index in [1.807, 2.05) is 0 Å². The second-order valence-electron chi connectivity index (χ2n) is 4.89. The summed E-state index contributed by atoms with van der Waals surface area (Å²) in [4.78, 5) is 0. The molecule has 0 saturated heterocycles. The van der Waals surface area contributed by atoms with E-state index in [2.05, 4.69) is 45.1 Å². The molecule has 0 aliphatic carbocycles. The summed E-state index contributed by atoms with van der Waals surface area (Å²) in [5.41, 5.74) is 9.13. The summed E-state index contributed by atoms with van der Waals surface area (Å²) in [5.74, 6) is 0.978. The molecule has 1 aliphatic rings. The molecule has 16 heavy (non-hydrogen) atoms.